The van der Waals surface area contributed by atoms with Gasteiger partial charge in [0.25, 0.3) is 5.91 Å². The number of fused-ring (bicyclic) bond motifs is 2. The molecule has 1 saturated carbocycles. The molecule has 1 saturated heterocycles. The van der Waals surface area contributed by atoms with Crippen molar-refractivity contribution in [3.63, 3.8) is 0 Å². The molecule has 3 aliphatic rings. The Bertz CT molecular complexity index is 1180. The first-order chi connectivity index (χ1) is 17.9. The fourth-order valence-corrected chi connectivity index (χ4v) is 5.13. The van der Waals surface area contributed by atoms with Gasteiger partial charge < -0.3 is 25.0 Å². The van der Waals surface area contributed by atoms with Crippen LogP contribution < -0.4 is 15.4 Å². The van der Waals surface area contributed by atoms with Crippen molar-refractivity contribution in [2.75, 3.05) is 19.0 Å². The SMILES string of the molecule is CN1C(=O)c2cc(NC(=O)C3CCC3)ccc2OC[C@H]2O[C@H](CC(=O)NCc3ccccc3F)CC[C@H]21. The van der Waals surface area contributed by atoms with Crippen LogP contribution >= 0.6 is 0 Å². The summed E-state index contributed by atoms with van der Waals surface area (Å²) >= 11 is 0. The third kappa shape index (κ3) is 5.61. The molecule has 2 fully saturated rings. The molecule has 2 heterocycles. The Hall–Kier alpha value is -3.46. The molecule has 0 spiro atoms. The molecule has 196 valence electrons. The lowest BCUT2D eigenvalue weighted by Gasteiger charge is -2.42. The molecule has 0 radical (unpaired) electrons. The van der Waals surface area contributed by atoms with Gasteiger partial charge in [0.2, 0.25) is 11.8 Å². The van der Waals surface area contributed by atoms with Gasteiger partial charge in [0.05, 0.1) is 24.1 Å². The van der Waals surface area contributed by atoms with E-state index >= 15 is 0 Å². The fourth-order valence-electron chi connectivity index (χ4n) is 5.13. The van der Waals surface area contributed by atoms with Gasteiger partial charge >= 0.3 is 0 Å². The van der Waals surface area contributed by atoms with Gasteiger partial charge in [-0.3, -0.25) is 14.4 Å². The number of halogens is 1. The highest BCUT2D eigenvalue weighted by atomic mass is 19.1. The lowest BCUT2D eigenvalue weighted by Crippen LogP contribution is -2.53. The monoisotopic (exact) mass is 509 g/mol. The summed E-state index contributed by atoms with van der Waals surface area (Å²) in [6.45, 7) is 0.348. The van der Waals surface area contributed by atoms with Gasteiger partial charge in [-0.2, -0.15) is 0 Å². The minimum absolute atomic E-state index is 0.0107. The van der Waals surface area contributed by atoms with Crippen molar-refractivity contribution in [1.82, 2.24) is 10.2 Å². The van der Waals surface area contributed by atoms with Crippen molar-refractivity contribution in [2.45, 2.75) is 63.3 Å². The largest absolute Gasteiger partial charge is 0.490 e. The number of nitrogens with zero attached hydrogens (tertiary/aromatic N) is 1. The number of hydrogen-bond acceptors (Lipinski definition) is 5. The zero-order valence-electron chi connectivity index (χ0n) is 20.9. The first-order valence-electron chi connectivity index (χ1n) is 12.9. The molecule has 0 bridgehead atoms. The number of likely N-dealkylation sites (N-methyl/N-ethyl adjacent to an activating group) is 1. The van der Waals surface area contributed by atoms with Crippen LogP contribution in [0.2, 0.25) is 0 Å². The Morgan fingerprint density at radius 3 is 2.68 bits per heavy atom. The molecule has 0 aromatic heterocycles. The van der Waals surface area contributed by atoms with E-state index in [-0.39, 0.29) is 61.2 Å². The molecular formula is C28H32FN3O5. The number of carbonyl (C=O) groups excluding carboxylic acids is 3. The Morgan fingerprint density at radius 2 is 1.92 bits per heavy atom. The first-order valence-corrected chi connectivity index (χ1v) is 12.9. The predicted molar refractivity (Wildman–Crippen MR) is 135 cm³/mol. The van der Waals surface area contributed by atoms with E-state index < -0.39 is 6.10 Å². The van der Waals surface area contributed by atoms with Crippen molar-refractivity contribution >= 4 is 23.4 Å². The molecule has 5 rings (SSSR count). The molecule has 1 aliphatic carbocycles. The summed E-state index contributed by atoms with van der Waals surface area (Å²) < 4.78 is 26.0. The van der Waals surface area contributed by atoms with Gasteiger partial charge in [0, 0.05) is 30.8 Å². The van der Waals surface area contributed by atoms with Gasteiger partial charge in [-0.05, 0) is 49.9 Å². The Kier molecular flexibility index (Phi) is 7.41. The van der Waals surface area contributed by atoms with E-state index in [0.29, 0.717) is 35.4 Å². The molecule has 2 aromatic carbocycles. The Labute approximate surface area is 215 Å². The van der Waals surface area contributed by atoms with Crippen molar-refractivity contribution in [2.24, 2.45) is 5.92 Å². The second-order valence-electron chi connectivity index (χ2n) is 10.1. The first kappa shape index (κ1) is 25.2. The van der Waals surface area contributed by atoms with Crippen LogP contribution in [-0.4, -0.2) is 54.5 Å². The van der Waals surface area contributed by atoms with Crippen LogP contribution in [0.1, 0.15) is 54.4 Å². The highest BCUT2D eigenvalue weighted by molar-refractivity contribution is 6.00. The van der Waals surface area contributed by atoms with E-state index in [1.165, 1.54) is 6.07 Å². The molecule has 2 aromatic rings. The molecule has 0 unspecified atom stereocenters. The van der Waals surface area contributed by atoms with Crippen LogP contribution in [0.4, 0.5) is 10.1 Å². The zero-order valence-corrected chi connectivity index (χ0v) is 20.9. The topological polar surface area (TPSA) is 97.0 Å². The minimum atomic E-state index is -0.391. The van der Waals surface area contributed by atoms with E-state index in [4.69, 9.17) is 9.47 Å². The maximum absolute atomic E-state index is 13.8. The zero-order chi connectivity index (χ0) is 25.9. The van der Waals surface area contributed by atoms with Crippen molar-refractivity contribution in [1.29, 1.82) is 0 Å². The van der Waals surface area contributed by atoms with Gasteiger partial charge in [0.15, 0.2) is 0 Å². The van der Waals surface area contributed by atoms with Crippen LogP contribution in [-0.2, 0) is 20.9 Å². The van der Waals surface area contributed by atoms with Crippen molar-refractivity contribution in [3.05, 3.63) is 59.4 Å². The second-order valence-corrected chi connectivity index (χ2v) is 10.1. The van der Waals surface area contributed by atoms with Gasteiger partial charge in [0.1, 0.15) is 24.3 Å². The summed E-state index contributed by atoms with van der Waals surface area (Å²) in [5.41, 5.74) is 1.42. The maximum atomic E-state index is 13.8. The average molecular weight is 510 g/mol. The molecule has 2 N–H and O–H groups in total. The number of amides is 3. The molecular weight excluding hydrogens is 477 g/mol. The van der Waals surface area contributed by atoms with Crippen LogP contribution in [0.3, 0.4) is 0 Å². The molecule has 3 amide bonds. The van der Waals surface area contributed by atoms with Crippen LogP contribution in [0.15, 0.2) is 42.5 Å². The molecule has 8 nitrogen and oxygen atoms in total. The van der Waals surface area contributed by atoms with E-state index in [1.54, 1.807) is 48.3 Å². The number of nitrogens with one attached hydrogen (secondary N) is 2. The van der Waals surface area contributed by atoms with E-state index in [2.05, 4.69) is 10.6 Å². The maximum Gasteiger partial charge on any atom is 0.257 e. The quantitative estimate of drug-likeness (QED) is 0.620. The van der Waals surface area contributed by atoms with Crippen LogP contribution in [0.25, 0.3) is 0 Å². The average Bonchev–Trinajstić information content (AvgIpc) is 2.85. The summed E-state index contributed by atoms with van der Waals surface area (Å²) in [4.78, 5) is 39.9. The van der Waals surface area contributed by atoms with E-state index in [0.717, 1.165) is 19.3 Å². The number of hydrogen-bond donors (Lipinski definition) is 2. The smallest absolute Gasteiger partial charge is 0.257 e. The normalized spacial score (nSPS) is 23.5. The van der Waals surface area contributed by atoms with Crippen LogP contribution in [0, 0.1) is 11.7 Å². The highest BCUT2D eigenvalue weighted by Gasteiger charge is 2.39. The predicted octanol–water partition coefficient (Wildman–Crippen LogP) is 3.65. The van der Waals surface area contributed by atoms with Crippen molar-refractivity contribution < 1.29 is 28.2 Å². The Balaban J connectivity index is 1.20. The van der Waals surface area contributed by atoms with Gasteiger partial charge in [-0.15, -0.1) is 0 Å². The third-order valence-electron chi connectivity index (χ3n) is 7.60. The number of anilines is 1. The lowest BCUT2D eigenvalue weighted by molar-refractivity contribution is -0.134. The fraction of sp³-hybridized carbons (Fsp3) is 0.464. The minimum Gasteiger partial charge on any atom is -0.490 e. The van der Waals surface area contributed by atoms with Gasteiger partial charge in [-0.1, -0.05) is 24.6 Å². The second kappa shape index (κ2) is 10.9. The summed E-state index contributed by atoms with van der Waals surface area (Å²) in [7, 11) is 1.75. The lowest BCUT2D eigenvalue weighted by atomic mass is 9.85. The number of rotatable bonds is 6. The third-order valence-corrected chi connectivity index (χ3v) is 7.60. The van der Waals surface area contributed by atoms with E-state index in [9.17, 15) is 18.8 Å². The molecule has 3 atom stereocenters. The van der Waals surface area contributed by atoms with Crippen LogP contribution in [0.5, 0.6) is 5.75 Å². The summed E-state index contributed by atoms with van der Waals surface area (Å²) in [5.74, 6) is -0.300. The van der Waals surface area contributed by atoms with Gasteiger partial charge in [-0.25, -0.2) is 4.39 Å². The summed E-state index contributed by atoms with van der Waals surface area (Å²) in [6.07, 6.45) is 3.58. The van der Waals surface area contributed by atoms with Crippen molar-refractivity contribution in [3.8, 4) is 5.75 Å². The highest BCUT2D eigenvalue weighted by Crippen LogP contribution is 2.33. The standard InChI is InChI=1S/C28H32FN3O5/c1-32-23-11-10-20(14-26(33)30-15-18-5-2-3-8-22(18)29)37-25(23)16-36-24-12-9-19(13-21(24)28(32)35)31-27(34)17-6-4-7-17/h2-3,5,8-9,12-13,17,20,23,25H,4,6-7,10-11,14-16H2,1H3,(H,30,33)(H,31,34)/t20-,23+,25+/m0/s1. The summed E-state index contributed by atoms with van der Waals surface area (Å²) in [6, 6.07) is 11.3. The molecule has 2 aliphatic heterocycles. The molecule has 37 heavy (non-hydrogen) atoms. The molecule has 9 heteroatoms. The number of ether oxygens (including phenoxy) is 2. The summed E-state index contributed by atoms with van der Waals surface area (Å²) in [5, 5.41) is 5.68. The van der Waals surface area contributed by atoms with E-state index in [1.807, 2.05) is 0 Å². The number of benzene rings is 2. The number of carbonyl (C=O) groups is 3. The Morgan fingerprint density at radius 1 is 1.11 bits per heavy atom.